The number of para-hydroxylation sites is 1. The van der Waals surface area contributed by atoms with Gasteiger partial charge in [0.15, 0.2) is 0 Å². The normalized spacial score (nSPS) is 13.7. The first-order chi connectivity index (χ1) is 10.2. The lowest BCUT2D eigenvalue weighted by Crippen LogP contribution is -2.33. The van der Waals surface area contributed by atoms with Crippen LogP contribution in [0.2, 0.25) is 0 Å². The third kappa shape index (κ3) is 5.16. The third-order valence-electron chi connectivity index (χ3n) is 3.22. The predicted octanol–water partition coefficient (Wildman–Crippen LogP) is 3.54. The lowest BCUT2D eigenvalue weighted by Gasteiger charge is -2.19. The van der Waals surface area contributed by atoms with E-state index in [1.165, 1.54) is 5.56 Å². The highest BCUT2D eigenvalue weighted by Crippen LogP contribution is 2.22. The van der Waals surface area contributed by atoms with Gasteiger partial charge in [0.05, 0.1) is 0 Å². The molecular weight excluding hydrogens is 330 g/mol. The van der Waals surface area contributed by atoms with E-state index in [4.69, 9.17) is 4.74 Å². The summed E-state index contributed by atoms with van der Waals surface area (Å²) in [5.74, 6) is 0.774. The molecule has 0 spiro atoms. The summed E-state index contributed by atoms with van der Waals surface area (Å²) >= 11 is 3.54. The van der Waals surface area contributed by atoms with Crippen LogP contribution in [0.25, 0.3) is 0 Å². The molecule has 0 aliphatic rings. The summed E-state index contributed by atoms with van der Waals surface area (Å²) in [7, 11) is 0. The Hall–Kier alpha value is -1.36. The zero-order valence-corrected chi connectivity index (χ0v) is 13.6. The summed E-state index contributed by atoms with van der Waals surface area (Å²) in [5.41, 5.74) is 1.17. The van der Waals surface area contributed by atoms with Gasteiger partial charge in [-0.1, -0.05) is 52.3 Å². The van der Waals surface area contributed by atoms with E-state index in [1.54, 1.807) is 0 Å². The fraction of sp³-hybridized carbons (Fsp3) is 0.294. The smallest absolute Gasteiger partial charge is 0.119 e. The molecule has 3 nitrogen and oxygen atoms in total. The predicted molar refractivity (Wildman–Crippen MR) is 88.5 cm³/mol. The van der Waals surface area contributed by atoms with Gasteiger partial charge in [-0.3, -0.25) is 0 Å². The Labute approximate surface area is 134 Å². The Morgan fingerprint density at radius 3 is 2.48 bits per heavy atom. The summed E-state index contributed by atoms with van der Waals surface area (Å²) < 4.78 is 6.60. The molecule has 4 heteroatoms. The molecule has 1 unspecified atom stereocenters. The fourth-order valence-corrected chi connectivity index (χ4v) is 2.65. The van der Waals surface area contributed by atoms with E-state index in [-0.39, 0.29) is 12.6 Å². The molecule has 0 amide bonds. The number of benzene rings is 2. The molecule has 0 aliphatic carbocycles. The minimum Gasteiger partial charge on any atom is -0.491 e. The molecule has 0 fully saturated rings. The van der Waals surface area contributed by atoms with E-state index in [9.17, 15) is 5.11 Å². The molecular formula is C17H20BrNO2. The highest BCUT2D eigenvalue weighted by atomic mass is 79.9. The minimum atomic E-state index is -0.546. The average molecular weight is 350 g/mol. The van der Waals surface area contributed by atoms with Crippen LogP contribution in [-0.4, -0.2) is 24.4 Å². The van der Waals surface area contributed by atoms with Crippen molar-refractivity contribution in [2.45, 2.75) is 19.1 Å². The maximum Gasteiger partial charge on any atom is 0.119 e. The molecule has 2 N–H and O–H groups in total. The van der Waals surface area contributed by atoms with Crippen molar-refractivity contribution < 1.29 is 9.84 Å². The molecule has 0 aliphatic heterocycles. The zero-order chi connectivity index (χ0) is 15.1. The van der Waals surface area contributed by atoms with E-state index in [2.05, 4.69) is 34.2 Å². The lowest BCUT2D eigenvalue weighted by atomic mass is 10.1. The van der Waals surface area contributed by atoms with Crippen molar-refractivity contribution in [1.29, 1.82) is 0 Å². The maximum absolute atomic E-state index is 9.98. The van der Waals surface area contributed by atoms with Crippen LogP contribution >= 0.6 is 15.9 Å². The topological polar surface area (TPSA) is 41.5 Å². The molecule has 2 aromatic carbocycles. The van der Waals surface area contributed by atoms with Gasteiger partial charge < -0.3 is 15.2 Å². The van der Waals surface area contributed by atoms with Gasteiger partial charge in [-0.05, 0) is 30.7 Å². The van der Waals surface area contributed by atoms with E-state index in [0.717, 1.165) is 10.2 Å². The van der Waals surface area contributed by atoms with Gasteiger partial charge in [-0.15, -0.1) is 0 Å². The minimum absolute atomic E-state index is 0.159. The number of hydrogen-bond acceptors (Lipinski definition) is 3. The number of nitrogens with one attached hydrogen (secondary N) is 1. The number of hydrogen-bond donors (Lipinski definition) is 2. The lowest BCUT2D eigenvalue weighted by molar-refractivity contribution is 0.104. The molecule has 0 saturated heterocycles. The van der Waals surface area contributed by atoms with Crippen LogP contribution in [0, 0.1) is 0 Å². The van der Waals surface area contributed by atoms with Gasteiger partial charge in [-0.2, -0.15) is 0 Å². The molecule has 112 valence electrons. The van der Waals surface area contributed by atoms with Crippen molar-refractivity contribution in [3.05, 3.63) is 64.6 Å². The van der Waals surface area contributed by atoms with Gasteiger partial charge in [0, 0.05) is 17.1 Å². The Morgan fingerprint density at radius 1 is 1.10 bits per heavy atom. The molecule has 0 aromatic heterocycles. The van der Waals surface area contributed by atoms with Crippen molar-refractivity contribution >= 4 is 15.9 Å². The van der Waals surface area contributed by atoms with Gasteiger partial charge in [-0.25, -0.2) is 0 Å². The van der Waals surface area contributed by atoms with Crippen molar-refractivity contribution in [2.75, 3.05) is 13.2 Å². The van der Waals surface area contributed by atoms with E-state index < -0.39 is 6.10 Å². The second-order valence-corrected chi connectivity index (χ2v) is 5.78. The summed E-state index contributed by atoms with van der Waals surface area (Å²) in [5, 5.41) is 13.3. The SMILES string of the molecule is C[C@@H](NCC(O)COc1ccccc1)c1ccccc1Br. The number of ether oxygens (including phenoxy) is 1. The molecule has 2 aromatic rings. The van der Waals surface area contributed by atoms with Crippen molar-refractivity contribution in [1.82, 2.24) is 5.32 Å². The largest absolute Gasteiger partial charge is 0.491 e. The first-order valence-corrected chi connectivity index (χ1v) is 7.80. The van der Waals surface area contributed by atoms with Crippen molar-refractivity contribution in [2.24, 2.45) is 0 Å². The quantitative estimate of drug-likeness (QED) is 0.803. The number of aliphatic hydroxyl groups excluding tert-OH is 1. The average Bonchev–Trinajstić information content (AvgIpc) is 2.52. The van der Waals surface area contributed by atoms with E-state index >= 15 is 0 Å². The molecule has 0 bridgehead atoms. The van der Waals surface area contributed by atoms with Crippen LogP contribution < -0.4 is 10.1 Å². The first kappa shape index (κ1) is 16.0. The monoisotopic (exact) mass is 349 g/mol. The van der Waals surface area contributed by atoms with Gasteiger partial charge >= 0.3 is 0 Å². The highest BCUT2D eigenvalue weighted by molar-refractivity contribution is 9.10. The number of rotatable bonds is 7. The molecule has 0 saturated carbocycles. The van der Waals surface area contributed by atoms with Crippen LogP contribution in [0.3, 0.4) is 0 Å². The van der Waals surface area contributed by atoms with Crippen LogP contribution in [0.5, 0.6) is 5.75 Å². The highest BCUT2D eigenvalue weighted by Gasteiger charge is 2.11. The van der Waals surface area contributed by atoms with Crippen LogP contribution in [0.15, 0.2) is 59.1 Å². The number of aliphatic hydroxyl groups is 1. The first-order valence-electron chi connectivity index (χ1n) is 7.00. The second-order valence-electron chi connectivity index (χ2n) is 4.93. The van der Waals surface area contributed by atoms with E-state index in [0.29, 0.717) is 6.54 Å². The molecule has 21 heavy (non-hydrogen) atoms. The van der Waals surface area contributed by atoms with Gasteiger partial charge in [0.1, 0.15) is 18.5 Å². The summed E-state index contributed by atoms with van der Waals surface area (Å²) in [6.45, 7) is 2.83. The third-order valence-corrected chi connectivity index (χ3v) is 3.94. The van der Waals surface area contributed by atoms with Crippen molar-refractivity contribution in [3.8, 4) is 5.75 Å². The Kier molecular flexibility index (Phi) is 6.23. The van der Waals surface area contributed by atoms with E-state index in [1.807, 2.05) is 48.5 Å². The van der Waals surface area contributed by atoms with Crippen LogP contribution in [0.1, 0.15) is 18.5 Å². The Balaban J connectivity index is 1.76. The van der Waals surface area contributed by atoms with Crippen LogP contribution in [0.4, 0.5) is 0 Å². The summed E-state index contributed by atoms with van der Waals surface area (Å²) in [4.78, 5) is 0. The molecule has 2 atom stereocenters. The summed E-state index contributed by atoms with van der Waals surface area (Å²) in [6, 6.07) is 17.8. The molecule has 2 rings (SSSR count). The second kappa shape index (κ2) is 8.17. The Bertz CT molecular complexity index is 547. The molecule has 0 heterocycles. The fourth-order valence-electron chi connectivity index (χ4n) is 2.02. The van der Waals surface area contributed by atoms with Gasteiger partial charge in [0.2, 0.25) is 0 Å². The van der Waals surface area contributed by atoms with Crippen LogP contribution in [-0.2, 0) is 0 Å². The Morgan fingerprint density at radius 2 is 1.76 bits per heavy atom. The van der Waals surface area contributed by atoms with Gasteiger partial charge in [0.25, 0.3) is 0 Å². The standard InChI is InChI=1S/C17H20BrNO2/c1-13(16-9-5-6-10-17(16)18)19-11-14(20)12-21-15-7-3-2-4-8-15/h2-10,13-14,19-20H,11-12H2,1H3/t13-,14?/m1/s1. The van der Waals surface area contributed by atoms with Crippen molar-refractivity contribution in [3.63, 3.8) is 0 Å². The summed E-state index contributed by atoms with van der Waals surface area (Å²) in [6.07, 6.45) is -0.546. The zero-order valence-electron chi connectivity index (χ0n) is 12.0. The molecule has 0 radical (unpaired) electrons. The number of halogens is 1. The maximum atomic E-state index is 9.98.